The zero-order valence-electron chi connectivity index (χ0n) is 36.9. The minimum absolute atomic E-state index is 0.117. The van der Waals surface area contributed by atoms with Crippen molar-refractivity contribution in [2.24, 2.45) is 0 Å². The molecule has 3 heteroatoms. The number of hydrogen-bond donors (Lipinski definition) is 1. The summed E-state index contributed by atoms with van der Waals surface area (Å²) in [7, 11) is 0.794. The molecule has 11 rings (SSSR count). The molecule has 2 nitrogen and oxygen atoms in total. The van der Waals surface area contributed by atoms with Crippen LogP contribution in [0, 0.1) is 6.92 Å². The van der Waals surface area contributed by atoms with Crippen LogP contribution in [0.3, 0.4) is 0 Å². The highest BCUT2D eigenvalue weighted by Gasteiger charge is 2.30. The maximum absolute atomic E-state index is 3.94. The lowest BCUT2D eigenvalue weighted by atomic mass is 9.57. The molecule has 0 fully saturated rings. The van der Waals surface area contributed by atoms with E-state index < -0.39 is 0 Å². The Kier molecular flexibility index (Phi) is 9.77. The van der Waals surface area contributed by atoms with Crippen LogP contribution in [0.1, 0.15) is 31.9 Å². The van der Waals surface area contributed by atoms with Crippen molar-refractivity contribution in [2.75, 3.05) is 10.2 Å². The van der Waals surface area contributed by atoms with Gasteiger partial charge in [-0.05, 0) is 138 Å². The summed E-state index contributed by atoms with van der Waals surface area (Å²) in [5.41, 5.74) is 20.6. The first-order chi connectivity index (χ1) is 31.2. The molecule has 0 aromatic heterocycles. The molecule has 0 saturated carbocycles. The Morgan fingerprint density at radius 2 is 0.922 bits per heavy atom. The molecule has 10 aromatic rings. The number of fused-ring (bicyclic) bond motifs is 4. The lowest BCUT2D eigenvalue weighted by Gasteiger charge is -2.37. The predicted octanol–water partition coefficient (Wildman–Crippen LogP) is 15.2. The number of rotatable bonds is 7. The van der Waals surface area contributed by atoms with Crippen LogP contribution in [-0.4, -0.2) is 7.28 Å². The average Bonchev–Trinajstić information content (AvgIpc) is 3.33. The van der Waals surface area contributed by atoms with Crippen LogP contribution in [0.5, 0.6) is 0 Å². The number of anilines is 5. The first kappa shape index (κ1) is 39.2. The minimum Gasteiger partial charge on any atom is -0.355 e. The molecule has 0 spiro atoms. The molecule has 0 saturated heterocycles. The van der Waals surface area contributed by atoms with E-state index in [0.717, 1.165) is 18.7 Å². The zero-order valence-corrected chi connectivity index (χ0v) is 36.9. The first-order valence-corrected chi connectivity index (χ1v) is 22.4. The third-order valence-electron chi connectivity index (χ3n) is 13.1. The normalized spacial score (nSPS) is 12.2. The summed E-state index contributed by atoms with van der Waals surface area (Å²) in [4.78, 5) is 2.55. The van der Waals surface area contributed by atoms with Crippen LogP contribution in [0.25, 0.3) is 66.1 Å². The lowest BCUT2D eigenvalue weighted by molar-refractivity contribution is 0.590. The minimum atomic E-state index is 0.117. The van der Waals surface area contributed by atoms with Crippen LogP contribution in [-0.2, 0) is 5.41 Å². The zero-order chi connectivity index (χ0) is 43.4. The van der Waals surface area contributed by atoms with Crippen LogP contribution >= 0.6 is 0 Å². The van der Waals surface area contributed by atoms with Gasteiger partial charge in [-0.1, -0.05) is 190 Å². The largest absolute Gasteiger partial charge is 0.355 e. The van der Waals surface area contributed by atoms with Crippen molar-refractivity contribution in [1.29, 1.82) is 0 Å². The van der Waals surface area contributed by atoms with Gasteiger partial charge < -0.3 is 10.2 Å². The summed E-state index contributed by atoms with van der Waals surface area (Å²) in [6.45, 7) is 9.04. The van der Waals surface area contributed by atoms with Gasteiger partial charge in [0.15, 0.2) is 7.28 Å². The van der Waals surface area contributed by atoms with Crippen LogP contribution in [0.2, 0.25) is 0 Å². The highest BCUT2D eigenvalue weighted by Crippen LogP contribution is 2.45. The molecule has 0 aliphatic carbocycles. The van der Waals surface area contributed by atoms with E-state index in [1.807, 2.05) is 0 Å². The third kappa shape index (κ3) is 7.33. The fourth-order valence-electron chi connectivity index (χ4n) is 9.58. The Balaban J connectivity index is 1.12. The Labute approximate surface area is 377 Å². The van der Waals surface area contributed by atoms with Gasteiger partial charge in [0.1, 0.15) is 0 Å². The standard InChI is InChI=1S/C61H49BN2/c1-40-23-24-49(41-15-7-5-8-16-41)37-57(40)64-58-38-48-22-14-12-20-46(48)35-55(58)62-60-54(34-50(39-59(60)64)42-17-9-6-10-18-42)53-33-45-19-11-13-21-47(45)36-56(53)63-52-31-27-44(28-32-52)43-25-29-51(30-26-43)61(2,3)4/h5-39,62-63H,1-4H3. The second kappa shape index (κ2) is 15.9. The predicted molar refractivity (Wildman–Crippen MR) is 277 cm³/mol. The molecule has 306 valence electrons. The van der Waals surface area contributed by atoms with Crippen molar-refractivity contribution >= 4 is 68.2 Å². The van der Waals surface area contributed by atoms with Gasteiger partial charge in [0, 0.05) is 34.0 Å². The van der Waals surface area contributed by atoms with Gasteiger partial charge >= 0.3 is 0 Å². The second-order valence-electron chi connectivity index (χ2n) is 18.4. The smallest absolute Gasteiger partial charge is 0.198 e. The van der Waals surface area contributed by atoms with E-state index in [1.54, 1.807) is 0 Å². The number of nitrogens with one attached hydrogen (secondary N) is 1. The van der Waals surface area contributed by atoms with E-state index in [1.165, 1.54) is 105 Å². The molecule has 64 heavy (non-hydrogen) atoms. The Morgan fingerprint density at radius 3 is 1.56 bits per heavy atom. The van der Waals surface area contributed by atoms with E-state index in [9.17, 15) is 0 Å². The molecule has 0 atom stereocenters. The van der Waals surface area contributed by atoms with Gasteiger partial charge in [0.2, 0.25) is 0 Å². The van der Waals surface area contributed by atoms with Crippen LogP contribution in [0.4, 0.5) is 28.4 Å². The summed E-state index contributed by atoms with van der Waals surface area (Å²) >= 11 is 0. The van der Waals surface area contributed by atoms with Gasteiger partial charge in [-0.3, -0.25) is 0 Å². The molecule has 0 radical (unpaired) electrons. The van der Waals surface area contributed by atoms with Crippen molar-refractivity contribution in [2.45, 2.75) is 33.1 Å². The number of benzene rings is 10. The lowest BCUT2D eigenvalue weighted by Crippen LogP contribution is -2.41. The first-order valence-electron chi connectivity index (χ1n) is 22.4. The topological polar surface area (TPSA) is 15.3 Å². The second-order valence-corrected chi connectivity index (χ2v) is 18.4. The fraction of sp³-hybridized carbons (Fsp3) is 0.0820. The van der Waals surface area contributed by atoms with Gasteiger partial charge in [-0.25, -0.2) is 0 Å². The number of nitrogens with zero attached hydrogens (tertiary/aromatic N) is 1. The molecule has 1 aliphatic rings. The summed E-state index contributed by atoms with van der Waals surface area (Å²) in [5, 5.41) is 8.84. The molecule has 0 amide bonds. The Morgan fingerprint density at radius 1 is 0.406 bits per heavy atom. The van der Waals surface area contributed by atoms with Crippen LogP contribution < -0.4 is 21.1 Å². The fourth-order valence-corrected chi connectivity index (χ4v) is 9.58. The highest BCUT2D eigenvalue weighted by atomic mass is 15.2. The van der Waals surface area contributed by atoms with E-state index in [2.05, 4.69) is 250 Å². The van der Waals surface area contributed by atoms with Crippen molar-refractivity contribution in [3.63, 3.8) is 0 Å². The third-order valence-corrected chi connectivity index (χ3v) is 13.1. The molecule has 0 bridgehead atoms. The maximum atomic E-state index is 3.94. The molecule has 1 N–H and O–H groups in total. The van der Waals surface area contributed by atoms with Gasteiger partial charge in [0.25, 0.3) is 0 Å². The SMILES string of the molecule is Cc1ccc(-c2ccccc2)cc1N1c2cc3ccccc3cc2Bc2c(-c3cc4ccccc4cc3Nc3ccc(-c4ccc(C(C)(C)C)cc4)cc3)cc(-c3ccccc3)cc21. The van der Waals surface area contributed by atoms with Gasteiger partial charge in [-0.15, -0.1) is 0 Å². The Bertz CT molecular complexity index is 3350. The highest BCUT2D eigenvalue weighted by molar-refractivity contribution is 6.73. The van der Waals surface area contributed by atoms with E-state index >= 15 is 0 Å². The number of hydrogen-bond acceptors (Lipinski definition) is 2. The monoisotopic (exact) mass is 820 g/mol. The average molecular weight is 821 g/mol. The maximum Gasteiger partial charge on any atom is 0.198 e. The van der Waals surface area contributed by atoms with E-state index in [4.69, 9.17) is 0 Å². The van der Waals surface area contributed by atoms with Gasteiger partial charge in [0.05, 0.1) is 0 Å². The molecule has 0 unspecified atom stereocenters. The molecular weight excluding hydrogens is 771 g/mol. The molecule has 10 aromatic carbocycles. The molecule has 1 aliphatic heterocycles. The summed E-state index contributed by atoms with van der Waals surface area (Å²) < 4.78 is 0. The summed E-state index contributed by atoms with van der Waals surface area (Å²) in [6.07, 6.45) is 0. The van der Waals surface area contributed by atoms with Crippen molar-refractivity contribution in [3.05, 3.63) is 223 Å². The summed E-state index contributed by atoms with van der Waals surface area (Å²) in [6, 6.07) is 78.4. The van der Waals surface area contributed by atoms with Gasteiger partial charge in [-0.2, -0.15) is 0 Å². The number of aryl methyl sites for hydroxylation is 1. The summed E-state index contributed by atoms with van der Waals surface area (Å²) in [5.74, 6) is 0. The Hall–Kier alpha value is -7.62. The molecule has 1 heterocycles. The van der Waals surface area contributed by atoms with E-state index in [0.29, 0.717) is 0 Å². The van der Waals surface area contributed by atoms with Crippen molar-refractivity contribution in [3.8, 4) is 44.5 Å². The molecular formula is C61H49BN2. The van der Waals surface area contributed by atoms with Crippen LogP contribution in [0.15, 0.2) is 212 Å². The van der Waals surface area contributed by atoms with E-state index in [-0.39, 0.29) is 5.41 Å². The quantitative estimate of drug-likeness (QED) is 0.161. The van der Waals surface area contributed by atoms with Crippen molar-refractivity contribution < 1.29 is 0 Å². The van der Waals surface area contributed by atoms with Crippen molar-refractivity contribution in [1.82, 2.24) is 0 Å².